The minimum atomic E-state index is -2.68. The SMILES string of the molecule is CCC(CC)Oc1cc(F)cc(C(F)F)c1. The molecule has 0 heterocycles. The van der Waals surface area contributed by atoms with Gasteiger partial charge in [-0.1, -0.05) is 13.8 Å². The molecule has 1 rings (SSSR count). The Labute approximate surface area is 93.2 Å². The molecule has 1 aromatic rings. The number of rotatable bonds is 5. The second-order valence-corrected chi connectivity index (χ2v) is 3.58. The molecule has 0 N–H and O–H groups in total. The fraction of sp³-hybridized carbons (Fsp3) is 0.500. The summed E-state index contributed by atoms with van der Waals surface area (Å²) < 4.78 is 43.3. The number of benzene rings is 1. The number of ether oxygens (including phenoxy) is 1. The quantitative estimate of drug-likeness (QED) is 0.734. The molecule has 0 aliphatic heterocycles. The molecule has 0 aliphatic carbocycles. The van der Waals surface area contributed by atoms with E-state index in [0.29, 0.717) is 0 Å². The van der Waals surface area contributed by atoms with Crippen molar-refractivity contribution >= 4 is 0 Å². The van der Waals surface area contributed by atoms with Crippen LogP contribution in [0.5, 0.6) is 5.75 Å². The number of hydrogen-bond acceptors (Lipinski definition) is 1. The van der Waals surface area contributed by atoms with Crippen molar-refractivity contribution in [1.82, 2.24) is 0 Å². The molecule has 4 heteroatoms. The summed E-state index contributed by atoms with van der Waals surface area (Å²) in [7, 11) is 0. The summed E-state index contributed by atoms with van der Waals surface area (Å²) in [5, 5.41) is 0. The summed E-state index contributed by atoms with van der Waals surface area (Å²) in [6.07, 6.45) is -1.22. The van der Waals surface area contributed by atoms with Crippen LogP contribution < -0.4 is 4.74 Å². The van der Waals surface area contributed by atoms with Crippen molar-refractivity contribution < 1.29 is 17.9 Å². The lowest BCUT2D eigenvalue weighted by molar-refractivity contribution is 0.148. The lowest BCUT2D eigenvalue weighted by Gasteiger charge is -2.16. The molecule has 0 saturated heterocycles. The van der Waals surface area contributed by atoms with Crippen molar-refractivity contribution in [2.24, 2.45) is 0 Å². The van der Waals surface area contributed by atoms with Crippen molar-refractivity contribution in [1.29, 1.82) is 0 Å². The van der Waals surface area contributed by atoms with Crippen LogP contribution in [0.2, 0.25) is 0 Å². The highest BCUT2D eigenvalue weighted by Gasteiger charge is 2.12. The third-order valence-corrected chi connectivity index (χ3v) is 2.36. The van der Waals surface area contributed by atoms with E-state index < -0.39 is 12.2 Å². The zero-order valence-electron chi connectivity index (χ0n) is 9.34. The first-order valence-electron chi connectivity index (χ1n) is 5.32. The Balaban J connectivity index is 2.87. The van der Waals surface area contributed by atoms with E-state index in [1.807, 2.05) is 13.8 Å². The lowest BCUT2D eigenvalue weighted by Crippen LogP contribution is -2.13. The van der Waals surface area contributed by atoms with E-state index in [4.69, 9.17) is 4.74 Å². The summed E-state index contributed by atoms with van der Waals surface area (Å²) >= 11 is 0. The van der Waals surface area contributed by atoms with E-state index in [0.717, 1.165) is 25.0 Å². The minimum Gasteiger partial charge on any atom is -0.490 e. The van der Waals surface area contributed by atoms with Gasteiger partial charge in [0.1, 0.15) is 11.6 Å². The highest BCUT2D eigenvalue weighted by atomic mass is 19.3. The van der Waals surface area contributed by atoms with Gasteiger partial charge in [-0.15, -0.1) is 0 Å². The topological polar surface area (TPSA) is 9.23 Å². The first-order valence-corrected chi connectivity index (χ1v) is 5.32. The lowest BCUT2D eigenvalue weighted by atomic mass is 10.2. The second-order valence-electron chi connectivity index (χ2n) is 3.58. The third-order valence-electron chi connectivity index (χ3n) is 2.36. The fourth-order valence-electron chi connectivity index (χ4n) is 1.43. The molecule has 1 nitrogen and oxygen atoms in total. The van der Waals surface area contributed by atoms with Crippen LogP contribution in [0.1, 0.15) is 38.7 Å². The molecule has 0 atom stereocenters. The predicted molar refractivity (Wildman–Crippen MR) is 56.4 cm³/mol. The van der Waals surface area contributed by atoms with Gasteiger partial charge in [0.15, 0.2) is 0 Å². The molecule has 90 valence electrons. The normalized spacial score (nSPS) is 11.2. The highest BCUT2D eigenvalue weighted by molar-refractivity contribution is 5.30. The highest BCUT2D eigenvalue weighted by Crippen LogP contribution is 2.26. The van der Waals surface area contributed by atoms with Crippen molar-refractivity contribution in [2.45, 2.75) is 39.2 Å². The zero-order chi connectivity index (χ0) is 12.1. The molecule has 0 spiro atoms. The maximum absolute atomic E-state index is 13.0. The van der Waals surface area contributed by atoms with Crippen molar-refractivity contribution in [3.05, 3.63) is 29.6 Å². The molecule has 0 saturated carbocycles. The largest absolute Gasteiger partial charge is 0.490 e. The second kappa shape index (κ2) is 5.77. The standard InChI is InChI=1S/C12H15F3O/c1-3-10(4-2)16-11-6-8(12(14)15)5-9(13)7-11/h5-7,10,12H,3-4H2,1-2H3. The Morgan fingerprint density at radius 1 is 1.12 bits per heavy atom. The molecule has 0 bridgehead atoms. The van der Waals surface area contributed by atoms with Crippen LogP contribution in [0, 0.1) is 5.82 Å². The van der Waals surface area contributed by atoms with Gasteiger partial charge in [-0.3, -0.25) is 0 Å². The van der Waals surface area contributed by atoms with Gasteiger partial charge in [-0.25, -0.2) is 13.2 Å². The average molecular weight is 232 g/mol. The molecular weight excluding hydrogens is 217 g/mol. The molecule has 0 aromatic heterocycles. The Hall–Kier alpha value is -1.19. The Bertz CT molecular complexity index is 335. The van der Waals surface area contributed by atoms with Gasteiger partial charge in [0, 0.05) is 11.6 Å². The molecule has 0 amide bonds. The number of hydrogen-bond donors (Lipinski definition) is 0. The van der Waals surface area contributed by atoms with Gasteiger partial charge in [0.2, 0.25) is 0 Å². The Kier molecular flexibility index (Phi) is 4.65. The van der Waals surface area contributed by atoms with Crippen molar-refractivity contribution in [2.75, 3.05) is 0 Å². The molecule has 16 heavy (non-hydrogen) atoms. The van der Waals surface area contributed by atoms with Gasteiger partial charge < -0.3 is 4.74 Å². The molecule has 1 aromatic carbocycles. The molecule has 0 radical (unpaired) electrons. The van der Waals surface area contributed by atoms with Crippen LogP contribution in [0.3, 0.4) is 0 Å². The molecule has 0 fully saturated rings. The van der Waals surface area contributed by atoms with Crippen LogP contribution in [-0.2, 0) is 0 Å². The smallest absolute Gasteiger partial charge is 0.264 e. The minimum absolute atomic E-state index is 0.0627. The molecule has 0 unspecified atom stereocenters. The van der Waals surface area contributed by atoms with E-state index in [1.54, 1.807) is 0 Å². The Morgan fingerprint density at radius 3 is 2.25 bits per heavy atom. The van der Waals surface area contributed by atoms with E-state index in [-0.39, 0.29) is 17.4 Å². The van der Waals surface area contributed by atoms with Gasteiger partial charge in [0.25, 0.3) is 6.43 Å². The first-order chi connectivity index (χ1) is 7.56. The van der Waals surface area contributed by atoms with Crippen molar-refractivity contribution in [3.8, 4) is 5.75 Å². The van der Waals surface area contributed by atoms with E-state index in [9.17, 15) is 13.2 Å². The van der Waals surface area contributed by atoms with E-state index >= 15 is 0 Å². The maximum atomic E-state index is 13.0. The van der Waals surface area contributed by atoms with E-state index in [1.165, 1.54) is 6.07 Å². The van der Waals surface area contributed by atoms with Crippen molar-refractivity contribution in [3.63, 3.8) is 0 Å². The van der Waals surface area contributed by atoms with Gasteiger partial charge in [-0.2, -0.15) is 0 Å². The summed E-state index contributed by atoms with van der Waals surface area (Å²) in [6.45, 7) is 3.86. The monoisotopic (exact) mass is 232 g/mol. The zero-order valence-corrected chi connectivity index (χ0v) is 9.34. The fourth-order valence-corrected chi connectivity index (χ4v) is 1.43. The van der Waals surface area contributed by atoms with Gasteiger partial charge >= 0.3 is 0 Å². The molecule has 0 aliphatic rings. The third kappa shape index (κ3) is 3.43. The summed E-state index contributed by atoms with van der Waals surface area (Å²) in [6, 6.07) is 3.14. The number of halogens is 3. The maximum Gasteiger partial charge on any atom is 0.264 e. The number of alkyl halides is 2. The summed E-state index contributed by atoms with van der Waals surface area (Å²) in [5.74, 6) is -0.525. The van der Waals surface area contributed by atoms with Crippen LogP contribution in [0.15, 0.2) is 18.2 Å². The summed E-state index contributed by atoms with van der Waals surface area (Å²) in [4.78, 5) is 0. The van der Waals surface area contributed by atoms with E-state index in [2.05, 4.69) is 0 Å². The molecular formula is C12H15F3O. The van der Waals surface area contributed by atoms with Crippen LogP contribution in [-0.4, -0.2) is 6.10 Å². The van der Waals surface area contributed by atoms with Crippen LogP contribution in [0.4, 0.5) is 13.2 Å². The van der Waals surface area contributed by atoms with Crippen LogP contribution >= 0.6 is 0 Å². The first kappa shape index (κ1) is 12.9. The van der Waals surface area contributed by atoms with Gasteiger partial charge in [-0.05, 0) is 25.0 Å². The van der Waals surface area contributed by atoms with Gasteiger partial charge in [0.05, 0.1) is 6.10 Å². The van der Waals surface area contributed by atoms with Crippen LogP contribution in [0.25, 0.3) is 0 Å². The summed E-state index contributed by atoms with van der Waals surface area (Å²) in [5.41, 5.74) is -0.346. The Morgan fingerprint density at radius 2 is 1.75 bits per heavy atom. The predicted octanol–water partition coefficient (Wildman–Crippen LogP) is 4.33. The average Bonchev–Trinajstić information content (AvgIpc) is 2.25.